The lowest BCUT2D eigenvalue weighted by Crippen LogP contribution is -2.34. The molecule has 1 atom stereocenters. The van der Waals surface area contributed by atoms with Crippen molar-refractivity contribution in [2.45, 2.75) is 12.5 Å². The Labute approximate surface area is 55.0 Å². The minimum Gasteiger partial charge on any atom is -0.389 e. The van der Waals surface area contributed by atoms with Gasteiger partial charge in [0, 0.05) is 13.2 Å². The number of rotatable bonds is 0. The Balaban J connectivity index is 2.12. The van der Waals surface area contributed by atoms with Gasteiger partial charge in [0.05, 0.1) is 12.7 Å². The van der Waals surface area contributed by atoms with E-state index in [4.69, 9.17) is 9.84 Å². The quantitative estimate of drug-likeness (QED) is 0.459. The molecule has 0 aromatic carbocycles. The molecule has 0 spiro atoms. The Hall–Kier alpha value is -0.120. The van der Waals surface area contributed by atoms with E-state index < -0.39 is 0 Å². The molecular formula is C6H13NO2. The first-order valence-corrected chi connectivity index (χ1v) is 3.36. The van der Waals surface area contributed by atoms with Crippen LogP contribution >= 0.6 is 0 Å². The monoisotopic (exact) mass is 131 g/mol. The molecule has 9 heavy (non-hydrogen) atoms. The van der Waals surface area contributed by atoms with Crippen LogP contribution < -0.4 is 5.32 Å². The van der Waals surface area contributed by atoms with Crippen molar-refractivity contribution in [1.29, 1.82) is 0 Å². The minimum absolute atomic E-state index is 0.315. The van der Waals surface area contributed by atoms with E-state index >= 15 is 0 Å². The van der Waals surface area contributed by atoms with Gasteiger partial charge in [-0.3, -0.25) is 0 Å². The Kier molecular flexibility index (Phi) is 2.97. The van der Waals surface area contributed by atoms with Gasteiger partial charge in [-0.15, -0.1) is 0 Å². The molecule has 0 amide bonds. The first kappa shape index (κ1) is 6.99. The normalized spacial score (nSPS) is 31.0. The van der Waals surface area contributed by atoms with Gasteiger partial charge in [0.15, 0.2) is 0 Å². The molecule has 1 aliphatic rings. The highest BCUT2D eigenvalue weighted by molar-refractivity contribution is 4.60. The van der Waals surface area contributed by atoms with Crippen LogP contribution in [0.1, 0.15) is 6.42 Å². The van der Waals surface area contributed by atoms with E-state index in [-0.39, 0.29) is 6.10 Å². The SMILES string of the molecule is OC1CNCCCOC1. The number of aliphatic hydroxyl groups is 1. The van der Waals surface area contributed by atoms with Gasteiger partial charge >= 0.3 is 0 Å². The molecule has 3 heteroatoms. The molecule has 0 aliphatic carbocycles. The van der Waals surface area contributed by atoms with E-state index in [0.717, 1.165) is 19.6 Å². The van der Waals surface area contributed by atoms with Gasteiger partial charge in [-0.2, -0.15) is 0 Å². The van der Waals surface area contributed by atoms with Crippen molar-refractivity contribution in [3.8, 4) is 0 Å². The van der Waals surface area contributed by atoms with Crippen LogP contribution in [0.15, 0.2) is 0 Å². The summed E-state index contributed by atoms with van der Waals surface area (Å²) >= 11 is 0. The van der Waals surface area contributed by atoms with Crippen LogP contribution in [0.25, 0.3) is 0 Å². The van der Waals surface area contributed by atoms with Gasteiger partial charge in [0.1, 0.15) is 0 Å². The fraction of sp³-hybridized carbons (Fsp3) is 1.00. The second kappa shape index (κ2) is 3.82. The summed E-state index contributed by atoms with van der Waals surface area (Å²) in [5, 5.41) is 12.1. The molecular weight excluding hydrogens is 118 g/mol. The molecule has 0 aromatic heterocycles. The minimum atomic E-state index is -0.315. The molecule has 3 nitrogen and oxygen atoms in total. The van der Waals surface area contributed by atoms with E-state index in [1.165, 1.54) is 0 Å². The van der Waals surface area contributed by atoms with Crippen molar-refractivity contribution in [3.63, 3.8) is 0 Å². The zero-order valence-corrected chi connectivity index (χ0v) is 5.47. The van der Waals surface area contributed by atoms with Crippen molar-refractivity contribution in [2.24, 2.45) is 0 Å². The molecule has 1 unspecified atom stereocenters. The standard InChI is InChI=1S/C6H13NO2/c8-6-4-7-2-1-3-9-5-6/h6-8H,1-5H2. The summed E-state index contributed by atoms with van der Waals surface area (Å²) in [4.78, 5) is 0. The summed E-state index contributed by atoms with van der Waals surface area (Å²) in [6.07, 6.45) is 0.734. The highest BCUT2D eigenvalue weighted by atomic mass is 16.5. The summed E-state index contributed by atoms with van der Waals surface area (Å²) in [6, 6.07) is 0. The summed E-state index contributed by atoms with van der Waals surface area (Å²) in [5.41, 5.74) is 0. The average Bonchev–Trinajstić information content (AvgIpc) is 1.79. The number of hydrogen-bond acceptors (Lipinski definition) is 3. The Morgan fingerprint density at radius 2 is 2.44 bits per heavy atom. The van der Waals surface area contributed by atoms with E-state index in [9.17, 15) is 0 Å². The molecule has 0 saturated carbocycles. The highest BCUT2D eigenvalue weighted by Crippen LogP contribution is 1.90. The summed E-state index contributed by atoms with van der Waals surface area (Å²) in [5.74, 6) is 0. The van der Waals surface area contributed by atoms with Crippen LogP contribution in [-0.4, -0.2) is 37.5 Å². The summed E-state index contributed by atoms with van der Waals surface area (Å²) < 4.78 is 5.10. The van der Waals surface area contributed by atoms with Crippen LogP contribution in [0.3, 0.4) is 0 Å². The lowest BCUT2D eigenvalue weighted by Gasteiger charge is -2.15. The smallest absolute Gasteiger partial charge is 0.0897 e. The van der Waals surface area contributed by atoms with Crippen LogP contribution in [0.4, 0.5) is 0 Å². The third-order valence-corrected chi connectivity index (χ3v) is 1.33. The number of hydrogen-bond donors (Lipinski definition) is 2. The summed E-state index contributed by atoms with van der Waals surface area (Å²) in [7, 11) is 0. The molecule has 2 N–H and O–H groups in total. The maximum absolute atomic E-state index is 9.03. The van der Waals surface area contributed by atoms with E-state index in [0.29, 0.717) is 13.2 Å². The van der Waals surface area contributed by atoms with E-state index in [1.807, 2.05) is 0 Å². The number of aliphatic hydroxyl groups excluding tert-OH is 1. The van der Waals surface area contributed by atoms with Gasteiger partial charge in [-0.1, -0.05) is 0 Å². The largest absolute Gasteiger partial charge is 0.389 e. The van der Waals surface area contributed by atoms with Gasteiger partial charge in [-0.05, 0) is 13.0 Å². The van der Waals surface area contributed by atoms with Crippen LogP contribution in [0.2, 0.25) is 0 Å². The van der Waals surface area contributed by atoms with Crippen molar-refractivity contribution in [3.05, 3.63) is 0 Å². The number of ether oxygens (including phenoxy) is 1. The van der Waals surface area contributed by atoms with Crippen molar-refractivity contribution < 1.29 is 9.84 Å². The maximum atomic E-state index is 9.03. The molecule has 1 aliphatic heterocycles. The predicted molar refractivity (Wildman–Crippen MR) is 34.3 cm³/mol. The third kappa shape index (κ3) is 2.79. The fourth-order valence-corrected chi connectivity index (χ4v) is 0.846. The maximum Gasteiger partial charge on any atom is 0.0897 e. The van der Waals surface area contributed by atoms with Gasteiger partial charge < -0.3 is 15.2 Å². The first-order valence-electron chi connectivity index (χ1n) is 3.36. The Bertz CT molecular complexity index is 69.5. The Morgan fingerprint density at radius 3 is 3.33 bits per heavy atom. The summed E-state index contributed by atoms with van der Waals surface area (Å²) in [6.45, 7) is 2.87. The molecule has 1 fully saturated rings. The molecule has 1 rings (SSSR count). The molecule has 0 radical (unpaired) electrons. The molecule has 1 saturated heterocycles. The zero-order valence-electron chi connectivity index (χ0n) is 5.47. The fourth-order valence-electron chi connectivity index (χ4n) is 0.846. The average molecular weight is 131 g/mol. The number of β-amino-alcohol motifs (C(OH)–C–C–N with tert-alkyl or cyclic N) is 1. The topological polar surface area (TPSA) is 41.5 Å². The third-order valence-electron chi connectivity index (χ3n) is 1.33. The van der Waals surface area contributed by atoms with Gasteiger partial charge in [0.25, 0.3) is 0 Å². The second-order valence-corrected chi connectivity index (χ2v) is 2.29. The first-order chi connectivity index (χ1) is 4.39. The number of nitrogens with one attached hydrogen (secondary N) is 1. The lowest BCUT2D eigenvalue weighted by molar-refractivity contribution is 0.0269. The van der Waals surface area contributed by atoms with Crippen LogP contribution in [0.5, 0.6) is 0 Å². The Morgan fingerprint density at radius 1 is 1.56 bits per heavy atom. The molecule has 0 aromatic rings. The van der Waals surface area contributed by atoms with E-state index in [2.05, 4.69) is 5.32 Å². The molecule has 0 bridgehead atoms. The molecule has 54 valence electrons. The zero-order chi connectivity index (χ0) is 6.53. The van der Waals surface area contributed by atoms with E-state index in [1.54, 1.807) is 0 Å². The second-order valence-electron chi connectivity index (χ2n) is 2.29. The van der Waals surface area contributed by atoms with Crippen LogP contribution in [-0.2, 0) is 4.74 Å². The molecule has 1 heterocycles. The lowest BCUT2D eigenvalue weighted by atomic mass is 10.3. The predicted octanol–water partition coefficient (Wildman–Crippen LogP) is -0.643. The van der Waals surface area contributed by atoms with Crippen molar-refractivity contribution >= 4 is 0 Å². The van der Waals surface area contributed by atoms with Gasteiger partial charge in [0.2, 0.25) is 0 Å². The highest BCUT2D eigenvalue weighted by Gasteiger charge is 2.05. The van der Waals surface area contributed by atoms with Gasteiger partial charge in [-0.25, -0.2) is 0 Å². The van der Waals surface area contributed by atoms with Crippen molar-refractivity contribution in [1.82, 2.24) is 5.32 Å². The van der Waals surface area contributed by atoms with Crippen LogP contribution in [0, 0.1) is 0 Å². The van der Waals surface area contributed by atoms with Crippen molar-refractivity contribution in [2.75, 3.05) is 26.3 Å².